The molecule has 0 unspecified atom stereocenters. The summed E-state index contributed by atoms with van der Waals surface area (Å²) in [5, 5.41) is 0. The first-order valence-corrected chi connectivity index (χ1v) is 11.4. The number of carbonyl (C=O) groups excluding carboxylic acids is 2. The Kier molecular flexibility index (Phi) is 6.26. The van der Waals surface area contributed by atoms with Crippen molar-refractivity contribution >= 4 is 23.2 Å². The van der Waals surface area contributed by atoms with Gasteiger partial charge in [-0.15, -0.1) is 0 Å². The number of amides is 2. The van der Waals surface area contributed by atoms with Crippen molar-refractivity contribution < 1.29 is 9.59 Å². The summed E-state index contributed by atoms with van der Waals surface area (Å²) in [7, 11) is 0. The number of hydrogen-bond acceptors (Lipinski definition) is 4. The molecule has 2 saturated heterocycles. The van der Waals surface area contributed by atoms with Gasteiger partial charge in [-0.3, -0.25) is 9.59 Å². The van der Waals surface area contributed by atoms with Crippen LogP contribution >= 0.6 is 0 Å². The van der Waals surface area contributed by atoms with Gasteiger partial charge in [-0.25, -0.2) is 0 Å². The first kappa shape index (κ1) is 20.0. The Labute approximate surface area is 174 Å². The van der Waals surface area contributed by atoms with Gasteiger partial charge in [-0.1, -0.05) is 12.8 Å². The van der Waals surface area contributed by atoms with Crippen molar-refractivity contribution in [2.75, 3.05) is 49.9 Å². The van der Waals surface area contributed by atoms with E-state index in [4.69, 9.17) is 5.73 Å². The molecule has 0 aromatic heterocycles. The highest BCUT2D eigenvalue weighted by Gasteiger charge is 2.29. The summed E-state index contributed by atoms with van der Waals surface area (Å²) in [4.78, 5) is 32.4. The molecule has 158 valence electrons. The highest BCUT2D eigenvalue weighted by atomic mass is 16.2. The third-order valence-electron chi connectivity index (χ3n) is 6.75. The SMILES string of the molecule is Nc1ccc(N2CCCN(C(=O)C3CCCC3)CC2)c(C(=O)N2CCCCC2)c1. The molecule has 29 heavy (non-hydrogen) atoms. The van der Waals surface area contributed by atoms with Gasteiger partial charge in [0.05, 0.1) is 5.56 Å². The van der Waals surface area contributed by atoms with Gasteiger partial charge >= 0.3 is 0 Å². The Balaban J connectivity index is 1.49. The topological polar surface area (TPSA) is 69.9 Å². The van der Waals surface area contributed by atoms with Crippen LogP contribution in [0, 0.1) is 5.92 Å². The van der Waals surface area contributed by atoms with E-state index in [1.807, 2.05) is 23.1 Å². The third-order valence-corrected chi connectivity index (χ3v) is 6.75. The van der Waals surface area contributed by atoms with Gasteiger partial charge in [-0.05, 0) is 56.7 Å². The Hall–Kier alpha value is -2.24. The minimum absolute atomic E-state index is 0.0927. The van der Waals surface area contributed by atoms with Crippen LogP contribution in [0.15, 0.2) is 18.2 Å². The van der Waals surface area contributed by atoms with Crippen LogP contribution in [-0.4, -0.2) is 60.9 Å². The first-order chi connectivity index (χ1) is 14.1. The Bertz CT molecular complexity index is 738. The Morgan fingerprint density at radius 1 is 0.793 bits per heavy atom. The maximum absolute atomic E-state index is 13.2. The maximum atomic E-state index is 13.2. The predicted octanol–water partition coefficient (Wildman–Crippen LogP) is 3.12. The smallest absolute Gasteiger partial charge is 0.256 e. The van der Waals surface area contributed by atoms with E-state index in [1.165, 1.54) is 19.3 Å². The molecule has 6 nitrogen and oxygen atoms in total. The first-order valence-electron chi connectivity index (χ1n) is 11.4. The van der Waals surface area contributed by atoms with Gasteiger partial charge < -0.3 is 20.4 Å². The number of nitrogen functional groups attached to an aromatic ring is 1. The zero-order valence-corrected chi connectivity index (χ0v) is 17.4. The molecule has 2 heterocycles. The normalized spacial score (nSPS) is 21.3. The fourth-order valence-electron chi connectivity index (χ4n) is 5.08. The van der Waals surface area contributed by atoms with Crippen molar-refractivity contribution in [3.63, 3.8) is 0 Å². The third kappa shape index (κ3) is 4.51. The molecule has 1 saturated carbocycles. The molecular formula is C23H34N4O2. The van der Waals surface area contributed by atoms with Gasteiger partial charge in [-0.2, -0.15) is 0 Å². The zero-order chi connectivity index (χ0) is 20.2. The Morgan fingerprint density at radius 3 is 2.28 bits per heavy atom. The minimum Gasteiger partial charge on any atom is -0.399 e. The van der Waals surface area contributed by atoms with Crippen LogP contribution in [0.1, 0.15) is 61.7 Å². The van der Waals surface area contributed by atoms with E-state index in [9.17, 15) is 9.59 Å². The lowest BCUT2D eigenvalue weighted by atomic mass is 10.1. The lowest BCUT2D eigenvalue weighted by Gasteiger charge is -2.30. The van der Waals surface area contributed by atoms with Crippen LogP contribution in [-0.2, 0) is 4.79 Å². The molecule has 0 atom stereocenters. The predicted molar refractivity (Wildman–Crippen MR) is 116 cm³/mol. The average Bonchev–Trinajstić information content (AvgIpc) is 3.18. The zero-order valence-electron chi connectivity index (χ0n) is 17.4. The summed E-state index contributed by atoms with van der Waals surface area (Å²) in [6.07, 6.45) is 8.74. The fraction of sp³-hybridized carbons (Fsp3) is 0.652. The highest BCUT2D eigenvalue weighted by Crippen LogP contribution is 2.29. The molecule has 2 N–H and O–H groups in total. The molecule has 1 aromatic carbocycles. The number of likely N-dealkylation sites (tertiary alicyclic amines) is 1. The van der Waals surface area contributed by atoms with E-state index in [1.54, 1.807) is 0 Å². The lowest BCUT2D eigenvalue weighted by Crippen LogP contribution is -2.39. The van der Waals surface area contributed by atoms with Gasteiger partial charge in [0, 0.05) is 56.6 Å². The number of piperidine rings is 1. The summed E-state index contributed by atoms with van der Waals surface area (Å²) in [6, 6.07) is 5.70. The molecular weight excluding hydrogens is 364 g/mol. The number of anilines is 2. The van der Waals surface area contributed by atoms with Crippen molar-refractivity contribution in [3.05, 3.63) is 23.8 Å². The second kappa shape index (κ2) is 9.06. The summed E-state index contributed by atoms with van der Waals surface area (Å²) in [5.74, 6) is 0.663. The quantitative estimate of drug-likeness (QED) is 0.794. The van der Waals surface area contributed by atoms with Crippen LogP contribution in [0.3, 0.4) is 0 Å². The lowest BCUT2D eigenvalue weighted by molar-refractivity contribution is -0.135. The number of benzene rings is 1. The van der Waals surface area contributed by atoms with Crippen LogP contribution in [0.4, 0.5) is 11.4 Å². The molecule has 2 amide bonds. The fourth-order valence-corrected chi connectivity index (χ4v) is 5.08. The van der Waals surface area contributed by atoms with Gasteiger partial charge in [0.2, 0.25) is 5.91 Å². The van der Waals surface area contributed by atoms with Crippen LogP contribution in [0.25, 0.3) is 0 Å². The van der Waals surface area contributed by atoms with Crippen molar-refractivity contribution in [3.8, 4) is 0 Å². The number of carbonyl (C=O) groups is 2. The highest BCUT2D eigenvalue weighted by molar-refractivity contribution is 6.00. The monoisotopic (exact) mass is 398 g/mol. The van der Waals surface area contributed by atoms with E-state index in [2.05, 4.69) is 9.80 Å². The largest absolute Gasteiger partial charge is 0.399 e. The number of hydrogen-bond donors (Lipinski definition) is 1. The number of nitrogens with zero attached hydrogens (tertiary/aromatic N) is 3. The van der Waals surface area contributed by atoms with Crippen LogP contribution in [0.5, 0.6) is 0 Å². The molecule has 6 heteroatoms. The molecule has 0 spiro atoms. The van der Waals surface area contributed by atoms with E-state index in [0.717, 1.165) is 77.1 Å². The number of nitrogens with two attached hydrogens (primary N) is 1. The molecule has 0 bridgehead atoms. The standard InChI is InChI=1S/C23H34N4O2/c24-19-9-10-21(20(17-19)23(29)26-11-4-1-5-12-26)25-13-6-14-27(16-15-25)22(28)18-7-2-3-8-18/h9-10,17-18H,1-8,11-16,24H2. The van der Waals surface area contributed by atoms with E-state index < -0.39 is 0 Å². The van der Waals surface area contributed by atoms with Gasteiger partial charge in [0.15, 0.2) is 0 Å². The van der Waals surface area contributed by atoms with Gasteiger partial charge in [0.25, 0.3) is 5.91 Å². The molecule has 3 aliphatic rings. The molecule has 3 fully saturated rings. The Morgan fingerprint density at radius 2 is 1.52 bits per heavy atom. The minimum atomic E-state index is 0.0927. The van der Waals surface area contributed by atoms with Crippen LogP contribution in [0.2, 0.25) is 0 Å². The number of rotatable bonds is 3. The molecule has 4 rings (SSSR count). The molecule has 0 radical (unpaired) electrons. The van der Waals surface area contributed by atoms with E-state index in [0.29, 0.717) is 17.2 Å². The van der Waals surface area contributed by atoms with Crippen molar-refractivity contribution in [1.29, 1.82) is 0 Å². The van der Waals surface area contributed by atoms with E-state index >= 15 is 0 Å². The van der Waals surface area contributed by atoms with Crippen molar-refractivity contribution in [2.24, 2.45) is 5.92 Å². The average molecular weight is 399 g/mol. The summed E-state index contributed by atoms with van der Waals surface area (Å²) >= 11 is 0. The maximum Gasteiger partial charge on any atom is 0.256 e. The van der Waals surface area contributed by atoms with E-state index in [-0.39, 0.29) is 11.8 Å². The van der Waals surface area contributed by atoms with Crippen molar-refractivity contribution in [1.82, 2.24) is 9.80 Å². The summed E-state index contributed by atoms with van der Waals surface area (Å²) < 4.78 is 0. The second-order valence-corrected chi connectivity index (χ2v) is 8.78. The summed E-state index contributed by atoms with van der Waals surface area (Å²) in [6.45, 7) is 4.84. The van der Waals surface area contributed by atoms with Gasteiger partial charge in [0.1, 0.15) is 0 Å². The van der Waals surface area contributed by atoms with Crippen molar-refractivity contribution in [2.45, 2.75) is 51.4 Å². The molecule has 1 aromatic rings. The summed E-state index contributed by atoms with van der Waals surface area (Å²) in [5.41, 5.74) is 8.35. The van der Waals surface area contributed by atoms with Crippen LogP contribution < -0.4 is 10.6 Å². The molecule has 1 aliphatic carbocycles. The second-order valence-electron chi connectivity index (χ2n) is 8.78. The molecule has 2 aliphatic heterocycles.